The molecule has 0 radical (unpaired) electrons. The van der Waals surface area contributed by atoms with Crippen molar-refractivity contribution in [1.82, 2.24) is 30.5 Å². The average Bonchev–Trinajstić information content (AvgIpc) is 3.51. The first-order valence-electron chi connectivity index (χ1n) is 10.0. The molecule has 1 amide bonds. The van der Waals surface area contributed by atoms with Crippen molar-refractivity contribution in [2.75, 3.05) is 6.54 Å². The molecule has 0 aliphatic rings. The molecule has 2 heterocycles. The van der Waals surface area contributed by atoms with Gasteiger partial charge in [-0.1, -0.05) is 54.6 Å². The van der Waals surface area contributed by atoms with Gasteiger partial charge in [-0.15, -0.1) is 5.10 Å². The number of amides is 1. The van der Waals surface area contributed by atoms with Gasteiger partial charge in [0.2, 0.25) is 0 Å². The number of hydrogen-bond acceptors (Lipinski definition) is 4. The fourth-order valence-electron chi connectivity index (χ4n) is 3.84. The number of aromatic amines is 1. The molecule has 0 aliphatic heterocycles. The Bertz CT molecular complexity index is 1310. The second-order valence-corrected chi connectivity index (χ2v) is 7.27. The summed E-state index contributed by atoms with van der Waals surface area (Å²) in [5.74, 6) is -0.125. The molecule has 0 saturated carbocycles. The standard InChI is InChI=1S/C24H20N6O/c31-24(18-9-6-10-19(13-18)30-16-27-28-29-30)26-14-21(17-7-2-1-3-8-17)22-15-25-23-12-5-4-11-20(22)23/h1-13,15-16,21,25H,14H2,(H,26,31). The second kappa shape index (κ2) is 8.23. The van der Waals surface area contributed by atoms with Crippen LogP contribution in [0, 0.1) is 0 Å². The maximum absolute atomic E-state index is 13.0. The number of hydrogen-bond donors (Lipinski definition) is 2. The van der Waals surface area contributed by atoms with Gasteiger partial charge in [-0.25, -0.2) is 4.68 Å². The fourth-order valence-corrected chi connectivity index (χ4v) is 3.84. The lowest BCUT2D eigenvalue weighted by Crippen LogP contribution is -2.29. The van der Waals surface area contributed by atoms with E-state index in [0.29, 0.717) is 12.1 Å². The predicted octanol–water partition coefficient (Wildman–Crippen LogP) is 3.71. The van der Waals surface area contributed by atoms with Crippen molar-refractivity contribution in [1.29, 1.82) is 0 Å². The van der Waals surface area contributed by atoms with Crippen molar-refractivity contribution < 1.29 is 4.79 Å². The number of carbonyl (C=O) groups is 1. The van der Waals surface area contributed by atoms with Crippen molar-refractivity contribution in [2.24, 2.45) is 0 Å². The highest BCUT2D eigenvalue weighted by Gasteiger charge is 2.19. The summed E-state index contributed by atoms with van der Waals surface area (Å²) in [5.41, 5.74) is 4.67. The van der Waals surface area contributed by atoms with Crippen molar-refractivity contribution in [3.63, 3.8) is 0 Å². The molecule has 0 aliphatic carbocycles. The Hall–Kier alpha value is -4.26. The van der Waals surface area contributed by atoms with Crippen LogP contribution < -0.4 is 5.32 Å². The molecule has 5 aromatic rings. The molecule has 2 aromatic heterocycles. The highest BCUT2D eigenvalue weighted by Crippen LogP contribution is 2.30. The van der Waals surface area contributed by atoms with Crippen LogP contribution in [0.15, 0.2) is 91.4 Å². The number of fused-ring (bicyclic) bond motifs is 1. The van der Waals surface area contributed by atoms with Crippen LogP contribution in [0.3, 0.4) is 0 Å². The van der Waals surface area contributed by atoms with Crippen molar-refractivity contribution in [3.8, 4) is 5.69 Å². The van der Waals surface area contributed by atoms with E-state index >= 15 is 0 Å². The Morgan fingerprint density at radius 1 is 1.00 bits per heavy atom. The van der Waals surface area contributed by atoms with E-state index in [1.165, 1.54) is 11.0 Å². The Morgan fingerprint density at radius 2 is 1.84 bits per heavy atom. The fraction of sp³-hybridized carbons (Fsp3) is 0.0833. The third-order valence-corrected chi connectivity index (χ3v) is 5.39. The van der Waals surface area contributed by atoms with E-state index in [-0.39, 0.29) is 11.8 Å². The van der Waals surface area contributed by atoms with Gasteiger partial charge in [-0.2, -0.15) is 0 Å². The largest absolute Gasteiger partial charge is 0.361 e. The minimum absolute atomic E-state index is 0.0176. The molecule has 3 aromatic carbocycles. The number of benzene rings is 3. The van der Waals surface area contributed by atoms with Gasteiger partial charge in [-0.3, -0.25) is 4.79 Å². The average molecular weight is 408 g/mol. The van der Waals surface area contributed by atoms with Gasteiger partial charge < -0.3 is 10.3 Å². The number of nitrogens with zero attached hydrogens (tertiary/aromatic N) is 4. The molecule has 152 valence electrons. The number of rotatable bonds is 6. The monoisotopic (exact) mass is 408 g/mol. The molecule has 0 saturated heterocycles. The third kappa shape index (κ3) is 3.81. The number of para-hydroxylation sites is 1. The van der Waals surface area contributed by atoms with Crippen LogP contribution in [0.2, 0.25) is 0 Å². The SMILES string of the molecule is O=C(NCC(c1ccccc1)c1c[nH]c2ccccc12)c1cccc(-n2cnnn2)c1. The smallest absolute Gasteiger partial charge is 0.251 e. The molecule has 0 fully saturated rings. The Balaban J connectivity index is 1.42. The summed E-state index contributed by atoms with van der Waals surface area (Å²) in [5, 5.41) is 15.4. The van der Waals surface area contributed by atoms with Gasteiger partial charge in [0.15, 0.2) is 0 Å². The molecular weight excluding hydrogens is 388 g/mol. The molecule has 1 atom stereocenters. The maximum atomic E-state index is 13.0. The lowest BCUT2D eigenvalue weighted by atomic mass is 9.91. The zero-order valence-electron chi connectivity index (χ0n) is 16.6. The molecule has 2 N–H and O–H groups in total. The molecule has 7 heteroatoms. The summed E-state index contributed by atoms with van der Waals surface area (Å²) in [6.07, 6.45) is 3.53. The van der Waals surface area contributed by atoms with Crippen molar-refractivity contribution >= 4 is 16.8 Å². The highest BCUT2D eigenvalue weighted by atomic mass is 16.1. The van der Waals surface area contributed by atoms with E-state index in [1.54, 1.807) is 12.1 Å². The number of H-pyrrole nitrogens is 1. The predicted molar refractivity (Wildman–Crippen MR) is 118 cm³/mol. The van der Waals surface area contributed by atoms with Crippen LogP contribution in [0.25, 0.3) is 16.6 Å². The summed E-state index contributed by atoms with van der Waals surface area (Å²) in [7, 11) is 0. The summed E-state index contributed by atoms with van der Waals surface area (Å²) < 4.78 is 1.52. The van der Waals surface area contributed by atoms with Gasteiger partial charge in [0.1, 0.15) is 6.33 Å². The molecule has 31 heavy (non-hydrogen) atoms. The van der Waals surface area contributed by atoms with Gasteiger partial charge in [0.05, 0.1) is 5.69 Å². The quantitative estimate of drug-likeness (QED) is 0.448. The molecule has 5 rings (SSSR count). The normalized spacial score (nSPS) is 12.0. The Labute approximate surface area is 178 Å². The lowest BCUT2D eigenvalue weighted by Gasteiger charge is -2.18. The first kappa shape index (κ1) is 18.7. The van der Waals surface area contributed by atoms with Crippen LogP contribution in [0.5, 0.6) is 0 Å². The lowest BCUT2D eigenvalue weighted by molar-refractivity contribution is 0.0952. The van der Waals surface area contributed by atoms with Crippen LogP contribution >= 0.6 is 0 Å². The van der Waals surface area contributed by atoms with Gasteiger partial charge >= 0.3 is 0 Å². The summed E-state index contributed by atoms with van der Waals surface area (Å²) >= 11 is 0. The minimum Gasteiger partial charge on any atom is -0.361 e. The van der Waals surface area contributed by atoms with Crippen molar-refractivity contribution in [2.45, 2.75) is 5.92 Å². The molecule has 0 bridgehead atoms. The van der Waals surface area contributed by atoms with E-state index in [2.05, 4.69) is 50.1 Å². The second-order valence-electron chi connectivity index (χ2n) is 7.27. The summed E-state index contributed by atoms with van der Waals surface area (Å²) in [6.45, 7) is 0.472. The number of carbonyl (C=O) groups excluding carboxylic acids is 1. The zero-order chi connectivity index (χ0) is 21.0. The van der Waals surface area contributed by atoms with Crippen LogP contribution in [0.1, 0.15) is 27.4 Å². The molecule has 7 nitrogen and oxygen atoms in total. The number of aromatic nitrogens is 5. The first-order valence-corrected chi connectivity index (χ1v) is 10.0. The molecular formula is C24H20N6O. The van der Waals surface area contributed by atoms with E-state index in [1.807, 2.05) is 48.7 Å². The number of tetrazole rings is 1. The van der Waals surface area contributed by atoms with Crippen LogP contribution in [-0.4, -0.2) is 37.6 Å². The van der Waals surface area contributed by atoms with Crippen LogP contribution in [-0.2, 0) is 0 Å². The van der Waals surface area contributed by atoms with E-state index in [4.69, 9.17) is 0 Å². The van der Waals surface area contributed by atoms with E-state index < -0.39 is 0 Å². The zero-order valence-corrected chi connectivity index (χ0v) is 16.6. The first-order chi connectivity index (χ1) is 15.3. The summed E-state index contributed by atoms with van der Waals surface area (Å²) in [6, 6.07) is 25.7. The highest BCUT2D eigenvalue weighted by molar-refractivity contribution is 5.95. The molecule has 0 spiro atoms. The maximum Gasteiger partial charge on any atom is 0.251 e. The van der Waals surface area contributed by atoms with Crippen LogP contribution in [0.4, 0.5) is 0 Å². The van der Waals surface area contributed by atoms with Gasteiger partial charge in [0, 0.05) is 35.1 Å². The Kier molecular flexibility index (Phi) is 4.98. The van der Waals surface area contributed by atoms with E-state index in [0.717, 1.165) is 27.7 Å². The minimum atomic E-state index is -0.143. The molecule has 1 unspecified atom stereocenters. The van der Waals surface area contributed by atoms with Gasteiger partial charge in [0.25, 0.3) is 5.91 Å². The summed E-state index contributed by atoms with van der Waals surface area (Å²) in [4.78, 5) is 16.3. The Morgan fingerprint density at radius 3 is 2.68 bits per heavy atom. The van der Waals surface area contributed by atoms with Crippen molar-refractivity contribution in [3.05, 3.63) is 108 Å². The number of nitrogens with one attached hydrogen (secondary N) is 2. The topological polar surface area (TPSA) is 88.5 Å². The van der Waals surface area contributed by atoms with Gasteiger partial charge in [-0.05, 0) is 45.8 Å². The third-order valence-electron chi connectivity index (χ3n) is 5.39. The van der Waals surface area contributed by atoms with E-state index in [9.17, 15) is 4.79 Å².